The third-order valence-electron chi connectivity index (χ3n) is 6.14. The van der Waals surface area contributed by atoms with Gasteiger partial charge in [-0.25, -0.2) is 4.39 Å². The van der Waals surface area contributed by atoms with Crippen molar-refractivity contribution in [1.29, 1.82) is 0 Å². The predicted octanol–water partition coefficient (Wildman–Crippen LogP) is 4.39. The Morgan fingerprint density at radius 3 is 2.84 bits per heavy atom. The second-order valence-electron chi connectivity index (χ2n) is 8.11. The van der Waals surface area contributed by atoms with E-state index < -0.39 is 0 Å². The first-order chi connectivity index (χ1) is 15.3. The lowest BCUT2D eigenvalue weighted by Gasteiger charge is -2.34. The van der Waals surface area contributed by atoms with Gasteiger partial charge in [0.05, 0.1) is 29.3 Å². The van der Waals surface area contributed by atoms with Crippen molar-refractivity contribution in [1.82, 2.24) is 15.1 Å². The van der Waals surface area contributed by atoms with Crippen LogP contribution in [0.1, 0.15) is 49.0 Å². The zero-order valence-corrected chi connectivity index (χ0v) is 16.9. The lowest BCUT2D eigenvalue weighted by molar-refractivity contribution is 0.353. The van der Waals surface area contributed by atoms with Gasteiger partial charge < -0.3 is 14.3 Å². The molecular weight excluding hydrogens is 395 g/mol. The van der Waals surface area contributed by atoms with E-state index in [-0.39, 0.29) is 5.82 Å². The molecular formula is C23H21FN6O. The molecule has 0 radical (unpaired) electrons. The minimum Gasteiger partial charge on any atom is -0.339 e. The summed E-state index contributed by atoms with van der Waals surface area (Å²) in [5.74, 6) is 1.29. The van der Waals surface area contributed by atoms with Crippen molar-refractivity contribution in [2.45, 2.75) is 38.1 Å². The van der Waals surface area contributed by atoms with E-state index in [1.165, 1.54) is 18.9 Å². The number of anilines is 2. The van der Waals surface area contributed by atoms with E-state index in [9.17, 15) is 4.39 Å². The molecule has 156 valence electrons. The molecule has 4 heterocycles. The number of pyridine rings is 1. The molecule has 0 amide bonds. The normalized spacial score (nSPS) is 18.1. The smallest absolute Gasteiger partial charge is 0.230 e. The number of rotatable bonds is 4. The van der Waals surface area contributed by atoms with Crippen molar-refractivity contribution in [3.8, 4) is 0 Å². The number of allylic oxidation sites excluding steroid dienone is 1. The third kappa shape index (κ3) is 3.19. The molecule has 8 heteroatoms. The van der Waals surface area contributed by atoms with E-state index in [1.807, 2.05) is 29.3 Å². The van der Waals surface area contributed by atoms with Gasteiger partial charge in [-0.2, -0.15) is 4.98 Å². The molecule has 2 aromatic heterocycles. The van der Waals surface area contributed by atoms with Crippen LogP contribution in [0.4, 0.5) is 15.8 Å². The van der Waals surface area contributed by atoms with Crippen molar-refractivity contribution in [2.75, 3.05) is 16.5 Å². The van der Waals surface area contributed by atoms with Gasteiger partial charge in [-0.3, -0.25) is 9.98 Å². The van der Waals surface area contributed by atoms with Crippen molar-refractivity contribution in [2.24, 2.45) is 4.99 Å². The van der Waals surface area contributed by atoms with E-state index in [0.717, 1.165) is 35.6 Å². The second kappa shape index (κ2) is 7.30. The topological polar surface area (TPSA) is 70.6 Å². The standard InChI is InChI=1S/C23H21FN6O/c24-16-8-9-18-19(11-16)29(12-17-7-3-4-10-25-17)13-20-21(26-14-30(18)20)22-27-23(31-28-22)15-5-1-2-6-15/h3-4,7-11,13,15H,1-2,5-6,12,14H2. The number of nitrogens with zero attached hydrogens (tertiary/aromatic N) is 6. The Labute approximate surface area is 178 Å². The van der Waals surface area contributed by atoms with Gasteiger partial charge in [-0.05, 0) is 43.2 Å². The average molecular weight is 416 g/mol. The Kier molecular flexibility index (Phi) is 4.29. The summed E-state index contributed by atoms with van der Waals surface area (Å²) in [5, 5.41) is 4.24. The highest BCUT2D eigenvalue weighted by Crippen LogP contribution is 2.41. The highest BCUT2D eigenvalue weighted by atomic mass is 19.1. The fourth-order valence-electron chi connectivity index (χ4n) is 4.59. The van der Waals surface area contributed by atoms with E-state index in [0.29, 0.717) is 36.6 Å². The monoisotopic (exact) mass is 416 g/mol. The molecule has 3 aromatic rings. The first kappa shape index (κ1) is 18.2. The summed E-state index contributed by atoms with van der Waals surface area (Å²) in [7, 11) is 0. The van der Waals surface area contributed by atoms with Crippen LogP contribution in [0, 0.1) is 5.82 Å². The molecule has 1 fully saturated rings. The minimum absolute atomic E-state index is 0.277. The molecule has 3 aliphatic rings. The van der Waals surface area contributed by atoms with Crippen LogP contribution in [0.5, 0.6) is 0 Å². The first-order valence-electron chi connectivity index (χ1n) is 10.6. The minimum atomic E-state index is -0.277. The number of halogens is 1. The third-order valence-corrected chi connectivity index (χ3v) is 6.14. The summed E-state index contributed by atoms with van der Waals surface area (Å²) in [6, 6.07) is 10.6. The maximum Gasteiger partial charge on any atom is 0.230 e. The van der Waals surface area contributed by atoms with Gasteiger partial charge in [-0.15, -0.1) is 0 Å². The van der Waals surface area contributed by atoms with Crippen molar-refractivity contribution >= 4 is 17.1 Å². The summed E-state index contributed by atoms with van der Waals surface area (Å²) in [4.78, 5) is 17.9. The van der Waals surface area contributed by atoms with Gasteiger partial charge in [-0.1, -0.05) is 24.1 Å². The number of fused-ring (bicyclic) bond motifs is 3. The fraction of sp³-hybridized carbons (Fsp3) is 0.304. The molecule has 0 spiro atoms. The lowest BCUT2D eigenvalue weighted by atomic mass is 10.1. The van der Waals surface area contributed by atoms with Gasteiger partial charge in [0, 0.05) is 18.3 Å². The molecule has 2 aliphatic heterocycles. The van der Waals surface area contributed by atoms with Crippen LogP contribution in [0.15, 0.2) is 64.0 Å². The molecule has 0 unspecified atom stereocenters. The van der Waals surface area contributed by atoms with Gasteiger partial charge >= 0.3 is 0 Å². The first-order valence-corrected chi connectivity index (χ1v) is 10.6. The molecule has 1 aliphatic carbocycles. The highest BCUT2D eigenvalue weighted by Gasteiger charge is 2.34. The Balaban J connectivity index is 1.37. The maximum atomic E-state index is 14.1. The summed E-state index contributed by atoms with van der Waals surface area (Å²) < 4.78 is 19.7. The van der Waals surface area contributed by atoms with Gasteiger partial charge in [0.15, 0.2) is 0 Å². The van der Waals surface area contributed by atoms with Crippen LogP contribution in [-0.4, -0.2) is 27.5 Å². The number of hydrogen-bond donors (Lipinski definition) is 0. The summed E-state index contributed by atoms with van der Waals surface area (Å²) in [5.41, 5.74) is 4.16. The van der Waals surface area contributed by atoms with Crippen molar-refractivity contribution < 1.29 is 8.91 Å². The zero-order chi connectivity index (χ0) is 20.8. The number of benzene rings is 1. The van der Waals surface area contributed by atoms with E-state index >= 15 is 0 Å². The number of hydrogen-bond acceptors (Lipinski definition) is 7. The quantitative estimate of drug-likeness (QED) is 0.628. The largest absolute Gasteiger partial charge is 0.339 e. The predicted molar refractivity (Wildman–Crippen MR) is 114 cm³/mol. The Morgan fingerprint density at radius 1 is 1.10 bits per heavy atom. The van der Waals surface area contributed by atoms with Crippen LogP contribution in [-0.2, 0) is 6.54 Å². The summed E-state index contributed by atoms with van der Waals surface area (Å²) >= 11 is 0. The van der Waals surface area contributed by atoms with Gasteiger partial charge in [0.25, 0.3) is 0 Å². The summed E-state index contributed by atoms with van der Waals surface area (Å²) in [6.45, 7) is 0.950. The van der Waals surface area contributed by atoms with Crippen LogP contribution in [0.3, 0.4) is 0 Å². The molecule has 0 atom stereocenters. The van der Waals surface area contributed by atoms with Crippen molar-refractivity contribution in [3.05, 3.63) is 77.7 Å². The van der Waals surface area contributed by atoms with Crippen molar-refractivity contribution in [3.63, 3.8) is 0 Å². The van der Waals surface area contributed by atoms with E-state index in [4.69, 9.17) is 9.52 Å². The van der Waals surface area contributed by atoms with Crippen LogP contribution >= 0.6 is 0 Å². The average Bonchev–Trinajstić information content (AvgIpc) is 3.54. The van der Waals surface area contributed by atoms with Gasteiger partial charge in [0.2, 0.25) is 11.7 Å². The number of aromatic nitrogens is 3. The van der Waals surface area contributed by atoms with Crippen LogP contribution in [0.25, 0.3) is 0 Å². The van der Waals surface area contributed by atoms with E-state index in [2.05, 4.69) is 20.0 Å². The molecule has 7 nitrogen and oxygen atoms in total. The second-order valence-corrected chi connectivity index (χ2v) is 8.11. The Hall–Kier alpha value is -3.55. The molecule has 6 rings (SSSR count). The lowest BCUT2D eigenvalue weighted by Crippen LogP contribution is -2.32. The number of aliphatic imine (C=N–C) groups is 1. The molecule has 31 heavy (non-hydrogen) atoms. The SMILES string of the molecule is Fc1ccc2c(c1)N(Cc1ccccn1)C=C1C(c3noc(C4CCCC4)n3)=NCN12. The Morgan fingerprint density at radius 2 is 2.00 bits per heavy atom. The maximum absolute atomic E-state index is 14.1. The van der Waals surface area contributed by atoms with Crippen LogP contribution in [0.2, 0.25) is 0 Å². The molecule has 1 aromatic carbocycles. The van der Waals surface area contributed by atoms with E-state index in [1.54, 1.807) is 18.3 Å². The highest BCUT2D eigenvalue weighted by molar-refractivity contribution is 6.15. The molecule has 0 N–H and O–H groups in total. The molecule has 0 saturated heterocycles. The fourth-order valence-corrected chi connectivity index (χ4v) is 4.59. The zero-order valence-electron chi connectivity index (χ0n) is 16.9. The summed E-state index contributed by atoms with van der Waals surface area (Å²) in [6.07, 6.45) is 8.35. The molecule has 1 saturated carbocycles. The van der Waals surface area contributed by atoms with Gasteiger partial charge in [0.1, 0.15) is 18.2 Å². The van der Waals surface area contributed by atoms with Crippen LogP contribution < -0.4 is 9.80 Å². The molecule has 0 bridgehead atoms. The Bertz CT molecular complexity index is 1180.